The number of carbonyl (C=O) groups is 1. The second-order valence-corrected chi connectivity index (χ2v) is 3.70. The van der Waals surface area contributed by atoms with E-state index in [2.05, 4.69) is 27.2 Å². The SMILES string of the molecule is C=C(C(=O)OC)c1cccc(C)c1Br. The average molecular weight is 255 g/mol. The van der Waals surface area contributed by atoms with E-state index in [9.17, 15) is 4.79 Å². The summed E-state index contributed by atoms with van der Waals surface area (Å²) in [5, 5.41) is 0. The van der Waals surface area contributed by atoms with E-state index in [4.69, 9.17) is 0 Å². The highest BCUT2D eigenvalue weighted by molar-refractivity contribution is 9.10. The summed E-state index contributed by atoms with van der Waals surface area (Å²) in [6.45, 7) is 5.65. The zero-order valence-corrected chi connectivity index (χ0v) is 9.72. The van der Waals surface area contributed by atoms with Gasteiger partial charge in [-0.25, -0.2) is 4.79 Å². The van der Waals surface area contributed by atoms with Gasteiger partial charge in [0.2, 0.25) is 0 Å². The fourth-order valence-corrected chi connectivity index (χ4v) is 1.62. The quantitative estimate of drug-likeness (QED) is 0.600. The zero-order chi connectivity index (χ0) is 10.7. The fraction of sp³-hybridized carbons (Fsp3) is 0.182. The Balaban J connectivity index is 3.14. The molecule has 0 atom stereocenters. The largest absolute Gasteiger partial charge is 0.465 e. The standard InChI is InChI=1S/C11H11BrO2/c1-7-5-4-6-9(10(7)12)8(2)11(13)14-3/h4-6H,2H2,1,3H3. The fourth-order valence-electron chi connectivity index (χ4n) is 1.11. The van der Waals surface area contributed by atoms with Crippen molar-refractivity contribution in [3.05, 3.63) is 40.4 Å². The van der Waals surface area contributed by atoms with Crippen molar-refractivity contribution in [2.45, 2.75) is 6.92 Å². The Labute approximate surface area is 91.7 Å². The van der Waals surface area contributed by atoms with Crippen LogP contribution in [0, 0.1) is 6.92 Å². The van der Waals surface area contributed by atoms with Gasteiger partial charge in [-0.15, -0.1) is 0 Å². The lowest BCUT2D eigenvalue weighted by Gasteiger charge is -2.07. The molecular formula is C11H11BrO2. The molecule has 0 saturated heterocycles. The van der Waals surface area contributed by atoms with Crippen LogP contribution >= 0.6 is 15.9 Å². The Bertz CT molecular complexity index is 383. The van der Waals surface area contributed by atoms with E-state index in [0.717, 1.165) is 15.6 Å². The highest BCUT2D eigenvalue weighted by Crippen LogP contribution is 2.26. The molecule has 0 amide bonds. The molecule has 0 aliphatic heterocycles. The molecule has 0 bridgehead atoms. The molecular weight excluding hydrogens is 244 g/mol. The van der Waals surface area contributed by atoms with E-state index in [0.29, 0.717) is 5.57 Å². The summed E-state index contributed by atoms with van der Waals surface area (Å²) in [5.41, 5.74) is 2.20. The van der Waals surface area contributed by atoms with Crippen LogP contribution in [0.5, 0.6) is 0 Å². The molecule has 14 heavy (non-hydrogen) atoms. The second kappa shape index (κ2) is 4.42. The van der Waals surface area contributed by atoms with Crippen LogP contribution in [0.15, 0.2) is 29.3 Å². The van der Waals surface area contributed by atoms with Crippen molar-refractivity contribution in [3.8, 4) is 0 Å². The first-order valence-corrected chi connectivity index (χ1v) is 4.90. The molecule has 0 aliphatic rings. The molecule has 0 fully saturated rings. The molecule has 2 nitrogen and oxygen atoms in total. The molecule has 0 aromatic heterocycles. The Morgan fingerprint density at radius 2 is 2.14 bits per heavy atom. The predicted molar refractivity (Wildman–Crippen MR) is 59.9 cm³/mol. The van der Waals surface area contributed by atoms with E-state index in [-0.39, 0.29) is 0 Å². The third-order valence-electron chi connectivity index (χ3n) is 1.95. The summed E-state index contributed by atoms with van der Waals surface area (Å²) < 4.78 is 5.49. The summed E-state index contributed by atoms with van der Waals surface area (Å²) in [7, 11) is 1.34. The van der Waals surface area contributed by atoms with Gasteiger partial charge < -0.3 is 4.74 Å². The number of aryl methyl sites for hydroxylation is 1. The van der Waals surface area contributed by atoms with Gasteiger partial charge in [0.25, 0.3) is 0 Å². The summed E-state index contributed by atoms with van der Waals surface area (Å²) in [6.07, 6.45) is 0. The highest BCUT2D eigenvalue weighted by atomic mass is 79.9. The summed E-state index contributed by atoms with van der Waals surface area (Å²) in [6, 6.07) is 5.66. The van der Waals surface area contributed by atoms with Crippen LogP contribution in [0.1, 0.15) is 11.1 Å². The normalized spacial score (nSPS) is 9.64. The van der Waals surface area contributed by atoms with Gasteiger partial charge in [-0.2, -0.15) is 0 Å². The minimum absolute atomic E-state index is 0.364. The number of benzene rings is 1. The van der Waals surface area contributed by atoms with Crippen molar-refractivity contribution >= 4 is 27.5 Å². The van der Waals surface area contributed by atoms with Gasteiger partial charge in [0, 0.05) is 10.0 Å². The number of halogens is 1. The van der Waals surface area contributed by atoms with Gasteiger partial charge in [-0.1, -0.05) is 24.8 Å². The minimum atomic E-state index is -0.406. The Hall–Kier alpha value is -1.09. The number of hydrogen-bond donors (Lipinski definition) is 0. The summed E-state index contributed by atoms with van der Waals surface area (Å²) >= 11 is 3.41. The molecule has 74 valence electrons. The molecule has 3 heteroatoms. The molecule has 0 radical (unpaired) electrons. The monoisotopic (exact) mass is 254 g/mol. The summed E-state index contributed by atoms with van der Waals surface area (Å²) in [5.74, 6) is -0.406. The Kier molecular flexibility index (Phi) is 3.47. The van der Waals surface area contributed by atoms with E-state index >= 15 is 0 Å². The van der Waals surface area contributed by atoms with Crippen molar-refractivity contribution in [1.29, 1.82) is 0 Å². The second-order valence-electron chi connectivity index (χ2n) is 2.91. The Morgan fingerprint density at radius 3 is 2.71 bits per heavy atom. The van der Waals surface area contributed by atoms with Crippen LogP contribution in [-0.4, -0.2) is 13.1 Å². The maximum Gasteiger partial charge on any atom is 0.337 e. The molecule has 0 saturated carbocycles. The maximum atomic E-state index is 11.2. The highest BCUT2D eigenvalue weighted by Gasteiger charge is 2.12. The molecule has 0 heterocycles. The number of carbonyl (C=O) groups excluding carboxylic acids is 1. The molecule has 1 aromatic rings. The smallest absolute Gasteiger partial charge is 0.337 e. The topological polar surface area (TPSA) is 26.3 Å². The molecule has 0 aliphatic carbocycles. The Morgan fingerprint density at radius 1 is 1.50 bits per heavy atom. The van der Waals surface area contributed by atoms with Crippen molar-refractivity contribution in [2.75, 3.05) is 7.11 Å². The van der Waals surface area contributed by atoms with E-state index < -0.39 is 5.97 Å². The van der Waals surface area contributed by atoms with Crippen LogP contribution in [0.25, 0.3) is 5.57 Å². The lowest BCUT2D eigenvalue weighted by Crippen LogP contribution is -2.03. The lowest BCUT2D eigenvalue weighted by molar-refractivity contribution is -0.133. The van der Waals surface area contributed by atoms with Crippen LogP contribution in [0.2, 0.25) is 0 Å². The van der Waals surface area contributed by atoms with E-state index in [1.807, 2.05) is 25.1 Å². The van der Waals surface area contributed by atoms with Crippen LogP contribution in [-0.2, 0) is 9.53 Å². The molecule has 0 N–H and O–H groups in total. The molecule has 0 unspecified atom stereocenters. The zero-order valence-electron chi connectivity index (χ0n) is 8.13. The number of esters is 1. The molecule has 0 spiro atoms. The number of methoxy groups -OCH3 is 1. The van der Waals surface area contributed by atoms with Gasteiger partial charge in [0.15, 0.2) is 0 Å². The first-order valence-electron chi connectivity index (χ1n) is 4.10. The maximum absolute atomic E-state index is 11.2. The predicted octanol–water partition coefficient (Wildman–Crippen LogP) is 2.94. The van der Waals surface area contributed by atoms with Gasteiger partial charge >= 0.3 is 5.97 Å². The van der Waals surface area contributed by atoms with Gasteiger partial charge in [-0.3, -0.25) is 0 Å². The molecule has 1 rings (SSSR count). The molecule has 1 aromatic carbocycles. The van der Waals surface area contributed by atoms with Gasteiger partial charge in [-0.05, 0) is 28.4 Å². The van der Waals surface area contributed by atoms with Crippen molar-refractivity contribution in [2.24, 2.45) is 0 Å². The summed E-state index contributed by atoms with van der Waals surface area (Å²) in [4.78, 5) is 11.2. The average Bonchev–Trinajstić information content (AvgIpc) is 2.20. The lowest BCUT2D eigenvalue weighted by atomic mass is 10.1. The number of ether oxygens (including phenoxy) is 1. The van der Waals surface area contributed by atoms with Crippen LogP contribution in [0.4, 0.5) is 0 Å². The van der Waals surface area contributed by atoms with E-state index in [1.165, 1.54) is 7.11 Å². The number of rotatable bonds is 2. The van der Waals surface area contributed by atoms with Gasteiger partial charge in [0.05, 0.1) is 12.7 Å². The third-order valence-corrected chi connectivity index (χ3v) is 3.00. The van der Waals surface area contributed by atoms with Gasteiger partial charge in [0.1, 0.15) is 0 Å². The third kappa shape index (κ3) is 2.04. The van der Waals surface area contributed by atoms with Crippen molar-refractivity contribution in [1.82, 2.24) is 0 Å². The minimum Gasteiger partial charge on any atom is -0.465 e. The van der Waals surface area contributed by atoms with Crippen molar-refractivity contribution in [3.63, 3.8) is 0 Å². The van der Waals surface area contributed by atoms with Crippen molar-refractivity contribution < 1.29 is 9.53 Å². The number of hydrogen-bond acceptors (Lipinski definition) is 2. The first kappa shape index (κ1) is 11.0. The first-order chi connectivity index (χ1) is 6.57. The van der Waals surface area contributed by atoms with Crippen LogP contribution in [0.3, 0.4) is 0 Å². The van der Waals surface area contributed by atoms with Crippen LogP contribution < -0.4 is 0 Å². The van der Waals surface area contributed by atoms with E-state index in [1.54, 1.807) is 0 Å².